The number of halogens is 4. The topological polar surface area (TPSA) is 96.9 Å². The van der Waals surface area contributed by atoms with Gasteiger partial charge < -0.3 is 25.3 Å². The third-order valence-electron chi connectivity index (χ3n) is 8.65. The molecule has 5 rings (SSSR count). The van der Waals surface area contributed by atoms with E-state index in [9.17, 15) is 22.8 Å². The minimum atomic E-state index is -4.72. The molecule has 3 saturated heterocycles. The second kappa shape index (κ2) is 11.9. The molecule has 1 aromatic carbocycles. The SMILES string of the molecule is C[C@@H]1CN(c2cc(F)c(N3CCN(c4ncccn4)CC3)cc2NC(=O)C2CNC(=O)CC2C(F)(F)F)C[C@H](C)N1C. The summed E-state index contributed by atoms with van der Waals surface area (Å²) in [4.78, 5) is 41.7. The van der Waals surface area contributed by atoms with E-state index < -0.39 is 48.6 Å². The summed E-state index contributed by atoms with van der Waals surface area (Å²) in [5, 5.41) is 5.09. The number of rotatable bonds is 5. The zero-order valence-corrected chi connectivity index (χ0v) is 23.9. The highest BCUT2D eigenvalue weighted by Gasteiger charge is 2.50. The molecular weight excluding hydrogens is 556 g/mol. The summed E-state index contributed by atoms with van der Waals surface area (Å²) in [6, 6.07) is 4.86. The van der Waals surface area contributed by atoms with Crippen LogP contribution in [0.3, 0.4) is 0 Å². The van der Waals surface area contributed by atoms with E-state index in [0.717, 1.165) is 0 Å². The second-order valence-electron chi connectivity index (χ2n) is 11.4. The number of carbonyl (C=O) groups excluding carboxylic acids is 2. The molecule has 4 atom stereocenters. The van der Waals surface area contributed by atoms with Crippen molar-refractivity contribution in [2.24, 2.45) is 11.8 Å². The lowest BCUT2D eigenvalue weighted by Gasteiger charge is -2.44. The first kappa shape index (κ1) is 29.8. The van der Waals surface area contributed by atoms with E-state index in [1.165, 1.54) is 12.1 Å². The lowest BCUT2D eigenvalue weighted by Crippen LogP contribution is -2.55. The molecule has 14 heteroatoms. The molecule has 2 amide bonds. The van der Waals surface area contributed by atoms with Gasteiger partial charge in [-0.15, -0.1) is 0 Å². The first-order chi connectivity index (χ1) is 19.9. The van der Waals surface area contributed by atoms with Crippen LogP contribution in [0.15, 0.2) is 30.6 Å². The maximum Gasteiger partial charge on any atom is 0.393 e. The van der Waals surface area contributed by atoms with Crippen molar-refractivity contribution in [1.82, 2.24) is 20.2 Å². The minimum absolute atomic E-state index is 0.122. The number of piperazine rings is 2. The summed E-state index contributed by atoms with van der Waals surface area (Å²) >= 11 is 0. The summed E-state index contributed by atoms with van der Waals surface area (Å²) in [6.45, 7) is 6.73. The Morgan fingerprint density at radius 2 is 1.60 bits per heavy atom. The van der Waals surface area contributed by atoms with Crippen LogP contribution in [0, 0.1) is 17.7 Å². The molecule has 3 fully saturated rings. The molecule has 4 heterocycles. The number of nitrogens with zero attached hydrogens (tertiary/aromatic N) is 6. The predicted octanol–water partition coefficient (Wildman–Crippen LogP) is 2.72. The van der Waals surface area contributed by atoms with Crippen molar-refractivity contribution in [3.8, 4) is 0 Å². The fourth-order valence-corrected chi connectivity index (χ4v) is 5.98. The number of benzene rings is 1. The molecule has 2 N–H and O–H groups in total. The van der Waals surface area contributed by atoms with Crippen molar-refractivity contribution >= 4 is 34.8 Å². The van der Waals surface area contributed by atoms with Crippen LogP contribution >= 0.6 is 0 Å². The lowest BCUT2D eigenvalue weighted by molar-refractivity contribution is -0.197. The smallest absolute Gasteiger partial charge is 0.367 e. The van der Waals surface area contributed by atoms with Crippen LogP contribution in [0.5, 0.6) is 0 Å². The molecule has 0 saturated carbocycles. The van der Waals surface area contributed by atoms with Crippen molar-refractivity contribution in [2.45, 2.75) is 38.5 Å². The number of piperidine rings is 1. The summed E-state index contributed by atoms with van der Waals surface area (Å²) in [6.07, 6.45) is -2.22. The number of hydrogen-bond donors (Lipinski definition) is 2. The zero-order chi connectivity index (χ0) is 30.2. The summed E-state index contributed by atoms with van der Waals surface area (Å²) < 4.78 is 57.3. The Morgan fingerprint density at radius 3 is 2.21 bits per heavy atom. The molecule has 0 spiro atoms. The van der Waals surface area contributed by atoms with Gasteiger partial charge in [-0.1, -0.05) is 0 Å². The van der Waals surface area contributed by atoms with E-state index in [4.69, 9.17) is 0 Å². The Bertz CT molecular complexity index is 1280. The molecule has 10 nitrogen and oxygen atoms in total. The Kier molecular flexibility index (Phi) is 8.44. The monoisotopic (exact) mass is 592 g/mol. The number of amides is 2. The van der Waals surface area contributed by atoms with Crippen LogP contribution in [0.1, 0.15) is 20.3 Å². The van der Waals surface area contributed by atoms with Gasteiger partial charge >= 0.3 is 6.18 Å². The van der Waals surface area contributed by atoms with Gasteiger partial charge in [-0.25, -0.2) is 14.4 Å². The van der Waals surface area contributed by atoms with Gasteiger partial charge in [0.25, 0.3) is 0 Å². The number of hydrogen-bond acceptors (Lipinski definition) is 8. The maximum absolute atomic E-state index is 15.8. The third kappa shape index (κ3) is 6.22. The number of alkyl halides is 3. The third-order valence-corrected chi connectivity index (χ3v) is 8.65. The van der Waals surface area contributed by atoms with Crippen LogP contribution in [-0.2, 0) is 9.59 Å². The second-order valence-corrected chi connectivity index (χ2v) is 11.4. The first-order valence-corrected chi connectivity index (χ1v) is 14.1. The molecule has 0 bridgehead atoms. The van der Waals surface area contributed by atoms with E-state index in [-0.39, 0.29) is 23.5 Å². The molecule has 3 aliphatic heterocycles. The summed E-state index contributed by atoms with van der Waals surface area (Å²) in [7, 11) is 2.01. The van der Waals surface area contributed by atoms with Gasteiger partial charge in [0.1, 0.15) is 5.82 Å². The van der Waals surface area contributed by atoms with Crippen LogP contribution in [0.2, 0.25) is 0 Å². The Hall–Kier alpha value is -3.68. The highest BCUT2D eigenvalue weighted by Crippen LogP contribution is 2.39. The van der Waals surface area contributed by atoms with Crippen LogP contribution < -0.4 is 25.3 Å². The Balaban J connectivity index is 1.44. The van der Waals surface area contributed by atoms with Gasteiger partial charge in [-0.05, 0) is 33.0 Å². The number of nitrogens with one attached hydrogen (secondary N) is 2. The fourth-order valence-electron chi connectivity index (χ4n) is 5.98. The van der Waals surface area contributed by atoms with Gasteiger partial charge in [0.15, 0.2) is 0 Å². The number of aromatic nitrogens is 2. The molecule has 0 aliphatic carbocycles. The predicted molar refractivity (Wildman–Crippen MR) is 151 cm³/mol. The van der Waals surface area contributed by atoms with Gasteiger partial charge in [0, 0.05) is 82.8 Å². The van der Waals surface area contributed by atoms with E-state index in [2.05, 4.69) is 25.5 Å². The van der Waals surface area contributed by atoms with Crippen LogP contribution in [-0.4, -0.2) is 97.8 Å². The van der Waals surface area contributed by atoms with Gasteiger partial charge in [0.05, 0.1) is 28.9 Å². The average Bonchev–Trinajstić information content (AvgIpc) is 2.96. The molecule has 0 radical (unpaired) electrons. The van der Waals surface area contributed by atoms with Gasteiger partial charge in [0.2, 0.25) is 17.8 Å². The average molecular weight is 593 g/mol. The highest BCUT2D eigenvalue weighted by atomic mass is 19.4. The van der Waals surface area contributed by atoms with Crippen molar-refractivity contribution < 1.29 is 27.2 Å². The number of carbonyl (C=O) groups is 2. The molecular formula is C28H36F4N8O2. The molecule has 2 unspecified atom stereocenters. The first-order valence-electron chi connectivity index (χ1n) is 14.1. The molecule has 228 valence electrons. The quantitative estimate of drug-likeness (QED) is 0.512. The largest absolute Gasteiger partial charge is 0.393 e. The maximum atomic E-state index is 15.8. The normalized spacial score (nSPS) is 25.8. The van der Waals surface area contributed by atoms with E-state index in [1.54, 1.807) is 18.5 Å². The van der Waals surface area contributed by atoms with Crippen molar-refractivity contribution in [1.29, 1.82) is 0 Å². The summed E-state index contributed by atoms with van der Waals surface area (Å²) in [5.74, 6) is -5.12. The van der Waals surface area contributed by atoms with Crippen molar-refractivity contribution in [3.63, 3.8) is 0 Å². The van der Waals surface area contributed by atoms with Crippen molar-refractivity contribution in [3.05, 3.63) is 36.4 Å². The van der Waals surface area contributed by atoms with Gasteiger partial charge in [-0.3, -0.25) is 14.5 Å². The Labute approximate surface area is 242 Å². The van der Waals surface area contributed by atoms with Gasteiger partial charge in [-0.2, -0.15) is 13.2 Å². The number of likely N-dealkylation sites (N-methyl/N-ethyl adjacent to an activating group) is 1. The molecule has 2 aromatic rings. The molecule has 1 aromatic heterocycles. The fraction of sp³-hybridized carbons (Fsp3) is 0.571. The molecule has 3 aliphatic rings. The lowest BCUT2D eigenvalue weighted by atomic mass is 9.84. The van der Waals surface area contributed by atoms with E-state index in [1.807, 2.05) is 35.6 Å². The van der Waals surface area contributed by atoms with Crippen LogP contribution in [0.4, 0.5) is 40.6 Å². The van der Waals surface area contributed by atoms with Crippen LogP contribution in [0.25, 0.3) is 0 Å². The standard InChI is InChI=1S/C28H36F4N8O2/c1-17-15-40(16-18(2)37(17)3)24-12-21(29)23(38-7-9-39(10-8-38)27-33-5-4-6-34-27)13-22(24)36-26(42)19-14-35-25(41)11-20(19)28(30,31)32/h4-6,12-13,17-20H,7-11,14-16H2,1-3H3,(H,35,41)(H,36,42)/t17-,18+,19?,20?. The molecule has 42 heavy (non-hydrogen) atoms. The Morgan fingerprint density at radius 1 is 0.976 bits per heavy atom. The van der Waals surface area contributed by atoms with Crippen molar-refractivity contribution in [2.75, 3.05) is 72.9 Å². The summed E-state index contributed by atoms with van der Waals surface area (Å²) in [5.41, 5.74) is 0.908. The highest BCUT2D eigenvalue weighted by molar-refractivity contribution is 5.98. The minimum Gasteiger partial charge on any atom is -0.367 e. The van der Waals surface area contributed by atoms with E-state index in [0.29, 0.717) is 50.9 Å². The number of anilines is 4. The van der Waals surface area contributed by atoms with E-state index >= 15 is 4.39 Å². The zero-order valence-electron chi connectivity index (χ0n) is 23.9.